The average Bonchev–Trinajstić information content (AvgIpc) is 2.59. The van der Waals surface area contributed by atoms with Gasteiger partial charge in [-0.25, -0.2) is 4.79 Å². The first-order valence-corrected chi connectivity index (χ1v) is 4.70. The number of hydrogen-bond donors (Lipinski definition) is 2. The summed E-state index contributed by atoms with van der Waals surface area (Å²) in [4.78, 5) is 22.0. The van der Waals surface area contributed by atoms with Crippen molar-refractivity contribution in [3.8, 4) is 0 Å². The number of carboxylic acid groups (broad SMARTS) is 1. The Balaban J connectivity index is 2.31. The lowest BCUT2D eigenvalue weighted by Crippen LogP contribution is -2.27. The zero-order valence-electron chi connectivity index (χ0n) is 8.23. The summed E-state index contributed by atoms with van der Waals surface area (Å²) in [5.41, 5.74) is 0.884. The third-order valence-electron chi connectivity index (χ3n) is 2.67. The Labute approximate surface area is 87.0 Å². The molecule has 0 amide bonds. The first-order chi connectivity index (χ1) is 7.09. The normalized spacial score (nSPS) is 27.5. The summed E-state index contributed by atoms with van der Waals surface area (Å²) in [5.74, 6) is -1.21. The second-order valence-electron chi connectivity index (χ2n) is 3.66. The molecule has 2 rings (SSSR count). The van der Waals surface area contributed by atoms with Crippen molar-refractivity contribution >= 4 is 11.8 Å². The number of hydrogen-bond acceptors (Lipinski definition) is 3. The molecule has 0 bridgehead atoms. The maximum Gasteiger partial charge on any atom is 0.333 e. The Hall–Kier alpha value is -1.84. The minimum Gasteiger partial charge on any atom is -0.478 e. The minimum absolute atomic E-state index is 0.0285. The summed E-state index contributed by atoms with van der Waals surface area (Å²) >= 11 is 0. The van der Waals surface area contributed by atoms with Crippen LogP contribution in [0.1, 0.15) is 6.92 Å². The quantitative estimate of drug-likeness (QED) is 0.693. The van der Waals surface area contributed by atoms with Crippen molar-refractivity contribution in [3.63, 3.8) is 0 Å². The molecule has 2 N–H and O–H groups in total. The number of rotatable bonds is 2. The zero-order chi connectivity index (χ0) is 11.0. The molecule has 0 aromatic rings. The highest BCUT2D eigenvalue weighted by Gasteiger charge is 2.32. The predicted octanol–water partition coefficient (Wildman–Crippen LogP) is 0.628. The molecule has 4 nitrogen and oxygen atoms in total. The first-order valence-electron chi connectivity index (χ1n) is 4.70. The lowest BCUT2D eigenvalue weighted by Gasteiger charge is -2.19. The van der Waals surface area contributed by atoms with Crippen LogP contribution >= 0.6 is 0 Å². The number of carboxylic acids is 1. The maximum absolute atomic E-state index is 11.2. The molecular formula is C11H11NO3. The van der Waals surface area contributed by atoms with Crippen molar-refractivity contribution in [1.82, 2.24) is 5.32 Å². The third-order valence-corrected chi connectivity index (χ3v) is 2.67. The Bertz CT molecular complexity index is 418. The lowest BCUT2D eigenvalue weighted by molar-refractivity contribution is -0.133. The van der Waals surface area contributed by atoms with Crippen LogP contribution in [0.2, 0.25) is 0 Å². The number of Topliss-reactive ketones (excluding diaryl/α,β-unsaturated/α-hetero) is 1. The van der Waals surface area contributed by atoms with E-state index < -0.39 is 5.97 Å². The fraction of sp³-hybridized carbons (Fsp3) is 0.273. The van der Waals surface area contributed by atoms with E-state index in [1.807, 2.05) is 6.08 Å². The van der Waals surface area contributed by atoms with Crippen LogP contribution in [0.5, 0.6) is 0 Å². The van der Waals surface area contributed by atoms with Gasteiger partial charge in [-0.3, -0.25) is 4.79 Å². The Morgan fingerprint density at radius 1 is 1.47 bits per heavy atom. The van der Waals surface area contributed by atoms with Gasteiger partial charge in [0.05, 0.1) is 11.6 Å². The van der Waals surface area contributed by atoms with Gasteiger partial charge in [-0.1, -0.05) is 18.2 Å². The molecule has 15 heavy (non-hydrogen) atoms. The van der Waals surface area contributed by atoms with E-state index in [-0.39, 0.29) is 17.7 Å². The Morgan fingerprint density at radius 3 is 2.80 bits per heavy atom. The van der Waals surface area contributed by atoms with Gasteiger partial charge in [0.15, 0.2) is 5.78 Å². The van der Waals surface area contributed by atoms with Crippen molar-refractivity contribution in [2.75, 3.05) is 0 Å². The molecule has 0 radical (unpaired) electrons. The van der Waals surface area contributed by atoms with Crippen LogP contribution in [-0.2, 0) is 9.59 Å². The van der Waals surface area contributed by atoms with Crippen LogP contribution in [-0.4, -0.2) is 22.9 Å². The molecule has 2 atom stereocenters. The lowest BCUT2D eigenvalue weighted by atomic mass is 9.87. The molecular weight excluding hydrogens is 194 g/mol. The Kier molecular flexibility index (Phi) is 2.19. The maximum atomic E-state index is 11.2. The molecule has 0 aromatic carbocycles. The predicted molar refractivity (Wildman–Crippen MR) is 54.0 cm³/mol. The molecule has 78 valence electrons. The van der Waals surface area contributed by atoms with E-state index in [0.717, 1.165) is 0 Å². The van der Waals surface area contributed by atoms with Crippen LogP contribution in [0.3, 0.4) is 0 Å². The molecule has 0 spiro atoms. The van der Waals surface area contributed by atoms with Crippen LogP contribution in [0.4, 0.5) is 0 Å². The molecule has 0 saturated carbocycles. The number of nitrogens with one attached hydrogen (secondary N) is 1. The van der Waals surface area contributed by atoms with Crippen LogP contribution in [0.15, 0.2) is 35.6 Å². The summed E-state index contributed by atoms with van der Waals surface area (Å²) in [6.07, 6.45) is 6.78. The van der Waals surface area contributed by atoms with Crippen LogP contribution < -0.4 is 5.32 Å². The highest BCUT2D eigenvalue weighted by Crippen LogP contribution is 2.28. The standard InChI is InChI=1S/C11H11NO3/c1-6(13)7-2-3-10-8(4-7)9(5-12-10)11(14)15/h2-5,8,10,12H,1H3,(H,14,15). The summed E-state index contributed by atoms with van der Waals surface area (Å²) < 4.78 is 0. The molecule has 2 unspecified atom stereocenters. The van der Waals surface area contributed by atoms with Gasteiger partial charge in [-0.15, -0.1) is 0 Å². The van der Waals surface area contributed by atoms with Gasteiger partial charge in [0.25, 0.3) is 0 Å². The van der Waals surface area contributed by atoms with Crippen LogP contribution in [0.25, 0.3) is 0 Å². The monoisotopic (exact) mass is 205 g/mol. The number of carbonyl (C=O) groups excluding carboxylic acids is 1. The van der Waals surface area contributed by atoms with E-state index >= 15 is 0 Å². The smallest absolute Gasteiger partial charge is 0.333 e. The van der Waals surface area contributed by atoms with Crippen molar-refractivity contribution in [3.05, 3.63) is 35.6 Å². The molecule has 1 aliphatic heterocycles. The van der Waals surface area contributed by atoms with Gasteiger partial charge in [0.1, 0.15) is 0 Å². The fourth-order valence-corrected chi connectivity index (χ4v) is 1.84. The van der Waals surface area contributed by atoms with Gasteiger partial charge in [-0.2, -0.15) is 0 Å². The van der Waals surface area contributed by atoms with Gasteiger partial charge in [0, 0.05) is 17.7 Å². The topological polar surface area (TPSA) is 66.4 Å². The first kappa shape index (κ1) is 9.71. The highest BCUT2D eigenvalue weighted by molar-refractivity contribution is 5.97. The summed E-state index contributed by atoms with van der Waals surface area (Å²) in [5, 5.41) is 11.9. The summed E-state index contributed by atoms with van der Waals surface area (Å²) in [7, 11) is 0. The Morgan fingerprint density at radius 2 is 2.20 bits per heavy atom. The number of allylic oxidation sites excluding steroid dienone is 2. The molecule has 0 fully saturated rings. The van der Waals surface area contributed by atoms with E-state index in [1.54, 1.807) is 12.2 Å². The van der Waals surface area contributed by atoms with E-state index in [0.29, 0.717) is 11.1 Å². The molecule has 1 heterocycles. The second kappa shape index (κ2) is 3.38. The minimum atomic E-state index is -0.940. The summed E-state index contributed by atoms with van der Waals surface area (Å²) in [6.45, 7) is 1.48. The van der Waals surface area contributed by atoms with Gasteiger partial charge < -0.3 is 10.4 Å². The molecule has 2 aliphatic rings. The van der Waals surface area contributed by atoms with Gasteiger partial charge in [0.2, 0.25) is 0 Å². The molecule has 1 aliphatic carbocycles. The van der Waals surface area contributed by atoms with Gasteiger partial charge in [-0.05, 0) is 6.92 Å². The summed E-state index contributed by atoms with van der Waals surface area (Å²) in [6, 6.07) is -0.0285. The fourth-order valence-electron chi connectivity index (χ4n) is 1.84. The largest absolute Gasteiger partial charge is 0.478 e. The third kappa shape index (κ3) is 1.58. The zero-order valence-corrected chi connectivity index (χ0v) is 8.23. The average molecular weight is 205 g/mol. The van der Waals surface area contributed by atoms with Crippen LogP contribution in [0, 0.1) is 5.92 Å². The number of fused-ring (bicyclic) bond motifs is 1. The SMILES string of the molecule is CC(=O)C1=CC2C(C(=O)O)=CNC2C=C1. The number of carbonyl (C=O) groups is 2. The van der Waals surface area contributed by atoms with Crippen molar-refractivity contribution < 1.29 is 14.7 Å². The van der Waals surface area contributed by atoms with Gasteiger partial charge >= 0.3 is 5.97 Å². The molecule has 0 saturated heterocycles. The second-order valence-corrected chi connectivity index (χ2v) is 3.66. The molecule has 4 heteroatoms. The number of aliphatic carboxylic acids is 1. The number of ketones is 1. The van der Waals surface area contributed by atoms with Crippen molar-refractivity contribution in [1.29, 1.82) is 0 Å². The van der Waals surface area contributed by atoms with E-state index in [4.69, 9.17) is 5.11 Å². The van der Waals surface area contributed by atoms with Crippen molar-refractivity contribution in [2.45, 2.75) is 13.0 Å². The van der Waals surface area contributed by atoms with E-state index in [1.165, 1.54) is 13.1 Å². The van der Waals surface area contributed by atoms with Crippen molar-refractivity contribution in [2.24, 2.45) is 5.92 Å². The van der Waals surface area contributed by atoms with E-state index in [9.17, 15) is 9.59 Å². The van der Waals surface area contributed by atoms with E-state index in [2.05, 4.69) is 5.32 Å². The molecule has 0 aromatic heterocycles. The highest BCUT2D eigenvalue weighted by atomic mass is 16.4.